The minimum Gasteiger partial charge on any atom is -0.494 e. The molecule has 0 fully saturated rings. The van der Waals surface area contributed by atoms with Gasteiger partial charge < -0.3 is 10.1 Å². The Morgan fingerprint density at radius 3 is 2.70 bits per heavy atom. The molecule has 1 aliphatic rings. The zero-order chi connectivity index (χ0) is 14.3. The Kier molecular flexibility index (Phi) is 3.25. The molecule has 0 spiro atoms. The maximum absolute atomic E-state index is 5.60. The maximum Gasteiger partial charge on any atom is 0.121 e. The van der Waals surface area contributed by atoms with E-state index < -0.39 is 0 Å². The zero-order valence-corrected chi connectivity index (χ0v) is 13.5. The van der Waals surface area contributed by atoms with Crippen LogP contribution in [-0.2, 0) is 5.41 Å². The summed E-state index contributed by atoms with van der Waals surface area (Å²) in [5.74, 6) is 0.910. The van der Waals surface area contributed by atoms with Gasteiger partial charge in [-0.25, -0.2) is 0 Å². The van der Waals surface area contributed by atoms with Gasteiger partial charge in [0.25, 0.3) is 0 Å². The van der Waals surface area contributed by atoms with E-state index in [1.54, 1.807) is 0 Å². The molecule has 104 valence electrons. The fourth-order valence-corrected chi connectivity index (χ4v) is 3.83. The highest BCUT2D eigenvalue weighted by Crippen LogP contribution is 2.48. The first-order valence-corrected chi connectivity index (χ1v) is 7.66. The number of ether oxygens (including phenoxy) is 1. The molecule has 0 aliphatic carbocycles. The zero-order valence-electron chi connectivity index (χ0n) is 12.0. The molecule has 20 heavy (non-hydrogen) atoms. The second kappa shape index (κ2) is 4.81. The van der Waals surface area contributed by atoms with E-state index in [-0.39, 0.29) is 5.41 Å². The fraction of sp³-hybridized carbons (Fsp3) is 0.294. The lowest BCUT2D eigenvalue weighted by molar-refractivity contribution is 0.340. The van der Waals surface area contributed by atoms with Crippen LogP contribution < -0.4 is 10.1 Å². The lowest BCUT2D eigenvalue weighted by Gasteiger charge is -2.36. The van der Waals surface area contributed by atoms with Crippen LogP contribution in [0.1, 0.15) is 31.9 Å². The second-order valence-corrected chi connectivity index (χ2v) is 6.41. The molecule has 0 aromatic heterocycles. The second-order valence-electron chi connectivity index (χ2n) is 5.55. The molecule has 1 N–H and O–H groups in total. The summed E-state index contributed by atoms with van der Waals surface area (Å²) in [6.45, 7) is 7.21. The van der Waals surface area contributed by atoms with Gasteiger partial charge in [0.1, 0.15) is 5.75 Å². The van der Waals surface area contributed by atoms with E-state index in [1.165, 1.54) is 11.1 Å². The van der Waals surface area contributed by atoms with Crippen molar-refractivity contribution in [1.29, 1.82) is 0 Å². The van der Waals surface area contributed by atoms with E-state index in [4.69, 9.17) is 4.74 Å². The number of nitrogens with one attached hydrogen (secondary N) is 1. The van der Waals surface area contributed by atoms with Crippen molar-refractivity contribution in [3.05, 3.63) is 52.0 Å². The predicted octanol–water partition coefficient (Wildman–Crippen LogP) is 5.23. The molecule has 0 bridgehead atoms. The first kappa shape index (κ1) is 13.5. The van der Waals surface area contributed by atoms with Gasteiger partial charge in [0.15, 0.2) is 0 Å². The molecule has 0 amide bonds. The monoisotopic (exact) mass is 331 g/mol. The van der Waals surface area contributed by atoms with Gasteiger partial charge in [-0.1, -0.05) is 41.9 Å². The quantitative estimate of drug-likeness (QED) is 0.813. The van der Waals surface area contributed by atoms with Crippen LogP contribution in [0.15, 0.2) is 40.9 Å². The summed E-state index contributed by atoms with van der Waals surface area (Å²) in [6, 6.07) is 12.6. The number of hydrogen-bond acceptors (Lipinski definition) is 2. The lowest BCUT2D eigenvalue weighted by atomic mass is 9.74. The van der Waals surface area contributed by atoms with Crippen LogP contribution in [0.5, 0.6) is 5.75 Å². The van der Waals surface area contributed by atoms with Crippen molar-refractivity contribution in [2.75, 3.05) is 11.9 Å². The average molecular weight is 332 g/mol. The Labute approximate surface area is 128 Å². The van der Waals surface area contributed by atoms with Gasteiger partial charge in [-0.2, -0.15) is 0 Å². The molecule has 3 heteroatoms. The van der Waals surface area contributed by atoms with Crippen molar-refractivity contribution in [2.45, 2.75) is 26.2 Å². The van der Waals surface area contributed by atoms with Crippen molar-refractivity contribution < 1.29 is 4.74 Å². The Hall–Kier alpha value is -1.48. The molecule has 3 rings (SSSR count). The predicted molar refractivity (Wildman–Crippen MR) is 87.2 cm³/mol. The van der Waals surface area contributed by atoms with Gasteiger partial charge >= 0.3 is 0 Å². The molecule has 2 nitrogen and oxygen atoms in total. The van der Waals surface area contributed by atoms with Crippen molar-refractivity contribution in [1.82, 2.24) is 0 Å². The summed E-state index contributed by atoms with van der Waals surface area (Å²) in [7, 11) is 0. The van der Waals surface area contributed by atoms with E-state index >= 15 is 0 Å². The van der Waals surface area contributed by atoms with Crippen LogP contribution in [0.3, 0.4) is 0 Å². The molecule has 0 unspecified atom stereocenters. The summed E-state index contributed by atoms with van der Waals surface area (Å²) in [4.78, 5) is 0. The standard InChI is InChI=1S/C17H18BrNO/c1-4-20-11-8-9-12-15(10-11)19-14-7-5-6-13(18)16(14)17(12,2)3/h5-10,19H,4H2,1-3H3. The molecule has 0 saturated carbocycles. The van der Waals surface area contributed by atoms with Gasteiger partial charge in [0.2, 0.25) is 0 Å². The molecule has 1 heterocycles. The summed E-state index contributed by atoms with van der Waals surface area (Å²) in [6.07, 6.45) is 0. The highest BCUT2D eigenvalue weighted by molar-refractivity contribution is 9.10. The smallest absolute Gasteiger partial charge is 0.121 e. The normalized spacial score (nSPS) is 15.0. The highest BCUT2D eigenvalue weighted by Gasteiger charge is 2.34. The number of fused-ring (bicyclic) bond motifs is 2. The number of benzene rings is 2. The van der Waals surface area contributed by atoms with Gasteiger partial charge in [0, 0.05) is 27.3 Å². The van der Waals surface area contributed by atoms with Crippen LogP contribution in [-0.4, -0.2) is 6.61 Å². The largest absolute Gasteiger partial charge is 0.494 e. The van der Waals surface area contributed by atoms with E-state index in [0.717, 1.165) is 21.6 Å². The molecule has 2 aromatic carbocycles. The summed E-state index contributed by atoms with van der Waals surface area (Å²) in [5.41, 5.74) is 4.84. The van der Waals surface area contributed by atoms with Crippen molar-refractivity contribution in [2.24, 2.45) is 0 Å². The van der Waals surface area contributed by atoms with Crippen LogP contribution in [0, 0.1) is 0 Å². The van der Waals surface area contributed by atoms with Gasteiger partial charge in [0.05, 0.1) is 6.61 Å². The lowest BCUT2D eigenvalue weighted by Crippen LogP contribution is -2.26. The summed E-state index contributed by atoms with van der Waals surface area (Å²) in [5, 5.41) is 3.53. The minimum absolute atomic E-state index is 0.0409. The first-order chi connectivity index (χ1) is 9.54. The number of rotatable bonds is 2. The highest BCUT2D eigenvalue weighted by atomic mass is 79.9. The first-order valence-electron chi connectivity index (χ1n) is 6.87. The minimum atomic E-state index is -0.0409. The van der Waals surface area contributed by atoms with Crippen molar-refractivity contribution in [3.63, 3.8) is 0 Å². The van der Waals surface area contributed by atoms with E-state index in [1.807, 2.05) is 13.0 Å². The number of anilines is 2. The topological polar surface area (TPSA) is 21.3 Å². The Morgan fingerprint density at radius 2 is 1.95 bits per heavy atom. The van der Waals surface area contributed by atoms with Crippen LogP contribution in [0.2, 0.25) is 0 Å². The third kappa shape index (κ3) is 2.01. The number of hydrogen-bond donors (Lipinski definition) is 1. The molecular formula is C17H18BrNO. The van der Waals surface area contributed by atoms with Crippen molar-refractivity contribution in [3.8, 4) is 5.75 Å². The molecule has 0 saturated heterocycles. The fourth-order valence-electron chi connectivity index (χ4n) is 2.97. The summed E-state index contributed by atoms with van der Waals surface area (Å²) < 4.78 is 6.75. The summed E-state index contributed by atoms with van der Waals surface area (Å²) >= 11 is 3.68. The average Bonchev–Trinajstić information content (AvgIpc) is 2.38. The molecule has 2 aromatic rings. The molecule has 0 atom stereocenters. The molecule has 0 radical (unpaired) electrons. The Bertz CT molecular complexity index is 664. The van der Waals surface area contributed by atoms with Crippen LogP contribution in [0.25, 0.3) is 0 Å². The van der Waals surface area contributed by atoms with E-state index in [0.29, 0.717) is 6.61 Å². The third-order valence-corrected chi connectivity index (χ3v) is 4.54. The third-order valence-electron chi connectivity index (χ3n) is 3.88. The van der Waals surface area contributed by atoms with Gasteiger partial charge in [-0.05, 0) is 36.2 Å². The van der Waals surface area contributed by atoms with E-state index in [9.17, 15) is 0 Å². The van der Waals surface area contributed by atoms with Gasteiger partial charge in [-0.15, -0.1) is 0 Å². The van der Waals surface area contributed by atoms with E-state index in [2.05, 4.69) is 65.4 Å². The maximum atomic E-state index is 5.60. The SMILES string of the molecule is CCOc1ccc2c(c1)Nc1cccc(Br)c1C2(C)C. The Morgan fingerprint density at radius 1 is 1.15 bits per heavy atom. The molecular weight excluding hydrogens is 314 g/mol. The van der Waals surface area contributed by atoms with Gasteiger partial charge in [-0.3, -0.25) is 0 Å². The number of halogens is 1. The van der Waals surface area contributed by atoms with Crippen LogP contribution >= 0.6 is 15.9 Å². The Balaban J connectivity index is 2.16. The molecule has 1 aliphatic heterocycles. The van der Waals surface area contributed by atoms with Crippen LogP contribution in [0.4, 0.5) is 11.4 Å². The van der Waals surface area contributed by atoms with Crippen molar-refractivity contribution >= 4 is 27.3 Å².